The van der Waals surface area contributed by atoms with Crippen LogP contribution in [-0.2, 0) is 11.3 Å². The maximum Gasteiger partial charge on any atom is 0.227 e. The number of methoxy groups -OCH3 is 1. The molecule has 1 atom stereocenters. The minimum Gasteiger partial charge on any atom is -0.495 e. The molecule has 1 unspecified atom stereocenters. The van der Waals surface area contributed by atoms with Crippen molar-refractivity contribution in [1.82, 2.24) is 10.2 Å². The molecule has 1 saturated heterocycles. The minimum absolute atomic E-state index is 0.0949. The number of nitriles is 1. The van der Waals surface area contributed by atoms with Crippen LogP contribution in [-0.4, -0.2) is 38.1 Å². The molecule has 2 rings (SSSR count). The second-order valence-electron chi connectivity index (χ2n) is 5.75. The van der Waals surface area contributed by atoms with E-state index < -0.39 is 0 Å². The van der Waals surface area contributed by atoms with Crippen LogP contribution < -0.4 is 10.1 Å². The second-order valence-corrected chi connectivity index (χ2v) is 5.75. The smallest absolute Gasteiger partial charge is 0.227 e. The number of nitrogens with zero attached hydrogens (tertiary/aromatic N) is 2. The van der Waals surface area contributed by atoms with Gasteiger partial charge < -0.3 is 10.1 Å². The summed E-state index contributed by atoms with van der Waals surface area (Å²) in [4.78, 5) is 14.2. The van der Waals surface area contributed by atoms with Gasteiger partial charge in [-0.1, -0.05) is 6.07 Å². The monoisotopic (exact) mass is 287 g/mol. The summed E-state index contributed by atoms with van der Waals surface area (Å²) in [7, 11) is 3.24. The van der Waals surface area contributed by atoms with Crippen LogP contribution in [0.1, 0.15) is 24.5 Å². The van der Waals surface area contributed by atoms with E-state index in [4.69, 9.17) is 10.00 Å². The molecule has 1 fully saturated rings. The molecule has 1 aromatic carbocycles. The van der Waals surface area contributed by atoms with Crippen molar-refractivity contribution in [1.29, 1.82) is 5.26 Å². The molecule has 1 aliphatic heterocycles. The number of benzene rings is 1. The summed E-state index contributed by atoms with van der Waals surface area (Å²) in [6.45, 7) is 4.37. The molecule has 0 aliphatic carbocycles. The second kappa shape index (κ2) is 6.15. The third-order valence-electron chi connectivity index (χ3n) is 4.12. The minimum atomic E-state index is -0.320. The number of nitrogens with one attached hydrogen (secondary N) is 1. The van der Waals surface area contributed by atoms with Crippen molar-refractivity contribution in [3.05, 3.63) is 29.3 Å². The van der Waals surface area contributed by atoms with E-state index in [9.17, 15) is 4.79 Å². The quantitative estimate of drug-likeness (QED) is 0.912. The van der Waals surface area contributed by atoms with Crippen molar-refractivity contribution in [3.63, 3.8) is 0 Å². The van der Waals surface area contributed by atoms with Crippen LogP contribution in [0, 0.1) is 16.7 Å². The first-order chi connectivity index (χ1) is 10.0. The van der Waals surface area contributed by atoms with Crippen LogP contribution in [0.15, 0.2) is 18.2 Å². The average Bonchev–Trinajstić information content (AvgIpc) is 2.88. The molecule has 0 radical (unpaired) electrons. The lowest BCUT2D eigenvalue weighted by Gasteiger charge is -2.22. The molecule has 0 spiro atoms. The highest BCUT2D eigenvalue weighted by Crippen LogP contribution is 2.31. The Balaban J connectivity index is 2.07. The number of carbonyl (C=O) groups is 1. The fourth-order valence-corrected chi connectivity index (χ4v) is 2.88. The lowest BCUT2D eigenvalue weighted by Crippen LogP contribution is -2.39. The number of carbonyl (C=O) groups excluding carboxylic acids is 1. The number of ether oxygens (including phenoxy) is 1. The summed E-state index contributed by atoms with van der Waals surface area (Å²) >= 11 is 0. The van der Waals surface area contributed by atoms with E-state index in [2.05, 4.69) is 16.3 Å². The fourth-order valence-electron chi connectivity index (χ4n) is 2.88. The Hall–Kier alpha value is -2.06. The van der Waals surface area contributed by atoms with Crippen molar-refractivity contribution in [2.24, 2.45) is 5.41 Å². The Labute approximate surface area is 125 Å². The highest BCUT2D eigenvalue weighted by atomic mass is 16.5. The van der Waals surface area contributed by atoms with Gasteiger partial charge in [-0.25, -0.2) is 0 Å². The third kappa shape index (κ3) is 3.17. The molecule has 1 aromatic rings. The van der Waals surface area contributed by atoms with Gasteiger partial charge in [-0.15, -0.1) is 0 Å². The predicted octanol–water partition coefficient (Wildman–Crippen LogP) is 1.52. The first-order valence-corrected chi connectivity index (χ1v) is 7.04. The van der Waals surface area contributed by atoms with E-state index in [0.29, 0.717) is 11.3 Å². The summed E-state index contributed by atoms with van der Waals surface area (Å²) in [6, 6.07) is 7.79. The van der Waals surface area contributed by atoms with Crippen LogP contribution >= 0.6 is 0 Å². The summed E-state index contributed by atoms with van der Waals surface area (Å²) in [5.74, 6) is 0.690. The van der Waals surface area contributed by atoms with Gasteiger partial charge in [0.15, 0.2) is 0 Å². The van der Waals surface area contributed by atoms with Gasteiger partial charge in [0.05, 0.1) is 18.1 Å². The van der Waals surface area contributed by atoms with E-state index in [0.717, 1.165) is 31.6 Å². The third-order valence-corrected chi connectivity index (χ3v) is 4.12. The van der Waals surface area contributed by atoms with Gasteiger partial charge in [0.2, 0.25) is 5.91 Å². The van der Waals surface area contributed by atoms with Crippen molar-refractivity contribution < 1.29 is 9.53 Å². The highest BCUT2D eigenvalue weighted by molar-refractivity contribution is 5.82. The van der Waals surface area contributed by atoms with Crippen LogP contribution in [0.2, 0.25) is 0 Å². The molecular formula is C16H21N3O2. The molecular weight excluding hydrogens is 266 g/mol. The molecule has 0 saturated carbocycles. The van der Waals surface area contributed by atoms with E-state index in [1.54, 1.807) is 14.2 Å². The number of hydrogen-bond acceptors (Lipinski definition) is 4. The maximum absolute atomic E-state index is 11.9. The predicted molar refractivity (Wildman–Crippen MR) is 79.8 cm³/mol. The summed E-state index contributed by atoms with van der Waals surface area (Å²) in [5.41, 5.74) is 1.29. The summed E-state index contributed by atoms with van der Waals surface area (Å²) in [5, 5.41) is 11.9. The molecule has 1 amide bonds. The van der Waals surface area contributed by atoms with E-state index in [1.165, 1.54) is 0 Å². The Morgan fingerprint density at radius 1 is 1.57 bits per heavy atom. The van der Waals surface area contributed by atoms with Gasteiger partial charge in [-0.3, -0.25) is 9.69 Å². The SMILES string of the molecule is CNC(=O)C1(C)CCN(Cc2ccc(OC)c(C#N)c2)C1. The number of amides is 1. The van der Waals surface area contributed by atoms with Crippen molar-refractivity contribution in [2.75, 3.05) is 27.2 Å². The molecule has 1 aliphatic rings. The van der Waals surface area contributed by atoms with Crippen molar-refractivity contribution >= 4 is 5.91 Å². The van der Waals surface area contributed by atoms with Gasteiger partial charge in [-0.2, -0.15) is 5.26 Å². The molecule has 1 heterocycles. The van der Waals surface area contributed by atoms with E-state index in [1.807, 2.05) is 25.1 Å². The molecule has 21 heavy (non-hydrogen) atoms. The Bertz CT molecular complexity index is 579. The molecule has 0 aromatic heterocycles. The van der Waals surface area contributed by atoms with Crippen molar-refractivity contribution in [2.45, 2.75) is 19.9 Å². The summed E-state index contributed by atoms with van der Waals surface area (Å²) < 4.78 is 5.15. The first kappa shape index (κ1) is 15.3. The molecule has 0 bridgehead atoms. The standard InChI is InChI=1S/C16H21N3O2/c1-16(15(20)18-2)6-7-19(11-16)10-12-4-5-14(21-3)13(8-12)9-17/h4-5,8H,6-7,10-11H2,1-3H3,(H,18,20). The van der Waals surface area contributed by atoms with Crippen LogP contribution in [0.3, 0.4) is 0 Å². The van der Waals surface area contributed by atoms with Gasteiger partial charge in [0.1, 0.15) is 11.8 Å². The van der Waals surface area contributed by atoms with Gasteiger partial charge in [0.25, 0.3) is 0 Å². The summed E-state index contributed by atoms with van der Waals surface area (Å²) in [6.07, 6.45) is 0.855. The van der Waals surface area contributed by atoms with Gasteiger partial charge in [-0.05, 0) is 37.6 Å². The number of rotatable bonds is 4. The van der Waals surface area contributed by atoms with E-state index in [-0.39, 0.29) is 11.3 Å². The normalized spacial score (nSPS) is 21.8. The number of hydrogen-bond donors (Lipinski definition) is 1. The van der Waals surface area contributed by atoms with Crippen LogP contribution in [0.25, 0.3) is 0 Å². The maximum atomic E-state index is 11.9. The van der Waals surface area contributed by atoms with Crippen LogP contribution in [0.4, 0.5) is 0 Å². The molecule has 112 valence electrons. The molecule has 5 nitrogen and oxygen atoms in total. The van der Waals surface area contributed by atoms with Crippen LogP contribution in [0.5, 0.6) is 5.75 Å². The largest absolute Gasteiger partial charge is 0.495 e. The average molecular weight is 287 g/mol. The van der Waals surface area contributed by atoms with E-state index >= 15 is 0 Å². The Kier molecular flexibility index (Phi) is 4.49. The van der Waals surface area contributed by atoms with Crippen molar-refractivity contribution in [3.8, 4) is 11.8 Å². The number of likely N-dealkylation sites (tertiary alicyclic amines) is 1. The zero-order valence-corrected chi connectivity index (χ0v) is 12.8. The van der Waals surface area contributed by atoms with Gasteiger partial charge in [0, 0.05) is 20.1 Å². The fraction of sp³-hybridized carbons (Fsp3) is 0.500. The topological polar surface area (TPSA) is 65.4 Å². The zero-order chi connectivity index (χ0) is 15.5. The van der Waals surface area contributed by atoms with Gasteiger partial charge >= 0.3 is 0 Å². The zero-order valence-electron chi connectivity index (χ0n) is 12.8. The lowest BCUT2D eigenvalue weighted by molar-refractivity contribution is -0.129. The first-order valence-electron chi connectivity index (χ1n) is 7.04. The lowest BCUT2D eigenvalue weighted by atomic mass is 9.89. The molecule has 5 heteroatoms. The molecule has 1 N–H and O–H groups in total. The Morgan fingerprint density at radius 2 is 2.33 bits per heavy atom. The highest BCUT2D eigenvalue weighted by Gasteiger charge is 2.39. The Morgan fingerprint density at radius 3 is 2.95 bits per heavy atom.